The predicted molar refractivity (Wildman–Crippen MR) is 161 cm³/mol. The van der Waals surface area contributed by atoms with Gasteiger partial charge in [0.2, 0.25) is 5.91 Å². The molecule has 8 nitrogen and oxygen atoms in total. The number of nitrogens with zero attached hydrogens (tertiary/aromatic N) is 5. The fraction of sp³-hybridized carbons (Fsp3) is 0.152. The highest BCUT2D eigenvalue weighted by atomic mass is 16.3. The number of aryl methyl sites for hydroxylation is 1. The maximum Gasteiger partial charge on any atom is 0.246 e. The van der Waals surface area contributed by atoms with E-state index in [4.69, 9.17) is 14.4 Å². The van der Waals surface area contributed by atoms with Gasteiger partial charge in [0.25, 0.3) is 0 Å². The Bertz CT molecular complexity index is 1970. The van der Waals surface area contributed by atoms with Gasteiger partial charge in [0.15, 0.2) is 5.82 Å². The lowest BCUT2D eigenvalue weighted by atomic mass is 9.94. The van der Waals surface area contributed by atoms with Crippen LogP contribution in [0.2, 0.25) is 0 Å². The van der Waals surface area contributed by atoms with Crippen LogP contribution >= 0.6 is 0 Å². The van der Waals surface area contributed by atoms with Crippen molar-refractivity contribution in [3.05, 3.63) is 91.5 Å². The second-order valence-corrected chi connectivity index (χ2v) is 10.3. The van der Waals surface area contributed by atoms with Crippen LogP contribution in [-0.4, -0.2) is 57.0 Å². The number of aromatic nitrogens is 3. The molecule has 1 aliphatic heterocycles. The van der Waals surface area contributed by atoms with Crippen LogP contribution in [0.4, 0.5) is 5.82 Å². The van der Waals surface area contributed by atoms with E-state index in [-0.39, 0.29) is 11.7 Å². The summed E-state index contributed by atoms with van der Waals surface area (Å²) in [7, 11) is 0. The molecule has 1 fully saturated rings. The van der Waals surface area contributed by atoms with Gasteiger partial charge in [0, 0.05) is 49.0 Å². The van der Waals surface area contributed by atoms with Gasteiger partial charge in [0.1, 0.15) is 17.2 Å². The fourth-order valence-corrected chi connectivity index (χ4v) is 5.68. The Morgan fingerprint density at radius 3 is 2.56 bits per heavy atom. The normalized spacial score (nSPS) is 13.8. The van der Waals surface area contributed by atoms with Gasteiger partial charge in [-0.25, -0.2) is 9.97 Å². The molecule has 202 valence electrons. The summed E-state index contributed by atoms with van der Waals surface area (Å²) in [6.07, 6.45) is 4.83. The quantitative estimate of drug-likeness (QED) is 0.269. The first-order valence-electron chi connectivity index (χ1n) is 13.5. The third-order valence-electron chi connectivity index (χ3n) is 7.75. The summed E-state index contributed by atoms with van der Waals surface area (Å²) < 4.78 is 6.15. The summed E-state index contributed by atoms with van der Waals surface area (Å²) in [6, 6.07) is 19.5. The average molecular weight is 542 g/mol. The van der Waals surface area contributed by atoms with Crippen LogP contribution in [-0.2, 0) is 4.79 Å². The summed E-state index contributed by atoms with van der Waals surface area (Å²) >= 11 is 0. The van der Waals surface area contributed by atoms with Crippen LogP contribution in [0.15, 0.2) is 90.2 Å². The van der Waals surface area contributed by atoms with Gasteiger partial charge in [-0.05, 0) is 71.3 Å². The van der Waals surface area contributed by atoms with E-state index in [1.165, 1.54) is 6.08 Å². The zero-order valence-electron chi connectivity index (χ0n) is 22.5. The molecule has 3 aromatic carbocycles. The van der Waals surface area contributed by atoms with Gasteiger partial charge < -0.3 is 19.3 Å². The number of carbonyl (C=O) groups excluding carboxylic acids is 1. The Labute approximate surface area is 236 Å². The van der Waals surface area contributed by atoms with Gasteiger partial charge in [-0.3, -0.25) is 9.78 Å². The topological polar surface area (TPSA) is 95.6 Å². The molecule has 7 rings (SSSR count). The first-order valence-corrected chi connectivity index (χ1v) is 13.5. The lowest BCUT2D eigenvalue weighted by Gasteiger charge is -2.35. The number of anilines is 1. The van der Waals surface area contributed by atoms with Crippen molar-refractivity contribution < 1.29 is 14.3 Å². The molecular formula is C33H27N5O3. The minimum absolute atomic E-state index is 0.0694. The Hall–Kier alpha value is -5.24. The van der Waals surface area contributed by atoms with Gasteiger partial charge in [-0.1, -0.05) is 30.8 Å². The molecular weight excluding hydrogens is 514 g/mol. The highest BCUT2D eigenvalue weighted by Gasteiger charge is 2.26. The number of aromatic hydroxyl groups is 1. The molecule has 0 saturated carbocycles. The molecule has 0 atom stereocenters. The zero-order valence-corrected chi connectivity index (χ0v) is 22.5. The van der Waals surface area contributed by atoms with E-state index >= 15 is 0 Å². The second-order valence-electron chi connectivity index (χ2n) is 10.3. The number of pyridine rings is 1. The Morgan fingerprint density at radius 1 is 0.976 bits per heavy atom. The Morgan fingerprint density at radius 2 is 1.78 bits per heavy atom. The summed E-state index contributed by atoms with van der Waals surface area (Å²) in [5.41, 5.74) is 4.92. The van der Waals surface area contributed by atoms with Crippen LogP contribution < -0.4 is 4.90 Å². The second kappa shape index (κ2) is 9.75. The molecule has 0 aliphatic carbocycles. The molecule has 41 heavy (non-hydrogen) atoms. The number of phenolic OH excluding ortho intramolecular Hbond substituents is 1. The molecule has 3 aromatic heterocycles. The average Bonchev–Trinajstić information content (AvgIpc) is 3.50. The summed E-state index contributed by atoms with van der Waals surface area (Å²) in [5.74, 6) is 1.43. The number of carbonyl (C=O) groups is 1. The van der Waals surface area contributed by atoms with Crippen molar-refractivity contribution in [2.24, 2.45) is 0 Å². The highest BCUT2D eigenvalue weighted by Crippen LogP contribution is 2.42. The van der Waals surface area contributed by atoms with Crippen LogP contribution in [0.3, 0.4) is 0 Å². The van der Waals surface area contributed by atoms with E-state index in [1.807, 2.05) is 43.3 Å². The zero-order chi connectivity index (χ0) is 28.1. The van der Waals surface area contributed by atoms with Gasteiger partial charge >= 0.3 is 0 Å². The molecule has 1 N–H and O–H groups in total. The molecule has 1 amide bonds. The molecule has 0 bridgehead atoms. The fourth-order valence-electron chi connectivity index (χ4n) is 5.68. The van der Waals surface area contributed by atoms with Crippen molar-refractivity contribution in [3.63, 3.8) is 0 Å². The van der Waals surface area contributed by atoms with Crippen LogP contribution in [0.1, 0.15) is 5.69 Å². The highest BCUT2D eigenvalue weighted by molar-refractivity contribution is 6.16. The minimum Gasteiger partial charge on any atom is -0.508 e. The number of furan rings is 1. The number of phenols is 1. The van der Waals surface area contributed by atoms with E-state index in [0.29, 0.717) is 37.6 Å². The predicted octanol–water partition coefficient (Wildman–Crippen LogP) is 6.11. The number of hydrogen-bond donors (Lipinski definition) is 1. The lowest BCUT2D eigenvalue weighted by Crippen LogP contribution is -2.48. The molecule has 0 unspecified atom stereocenters. The van der Waals surface area contributed by atoms with Gasteiger partial charge in [-0.15, -0.1) is 0 Å². The molecule has 1 aliphatic rings. The third-order valence-corrected chi connectivity index (χ3v) is 7.75. The molecule has 6 aromatic rings. The molecule has 4 heterocycles. The van der Waals surface area contributed by atoms with Crippen LogP contribution in [0, 0.1) is 6.92 Å². The monoisotopic (exact) mass is 541 g/mol. The maximum atomic E-state index is 12.2. The molecule has 0 radical (unpaired) electrons. The largest absolute Gasteiger partial charge is 0.508 e. The van der Waals surface area contributed by atoms with Crippen LogP contribution in [0.25, 0.3) is 55.2 Å². The molecule has 8 heteroatoms. The number of hydrogen-bond acceptors (Lipinski definition) is 7. The van der Waals surface area contributed by atoms with E-state index in [0.717, 1.165) is 55.3 Å². The lowest BCUT2D eigenvalue weighted by molar-refractivity contribution is -0.126. The Balaban J connectivity index is 1.48. The number of benzene rings is 3. The van der Waals surface area contributed by atoms with E-state index in [1.54, 1.807) is 29.5 Å². The summed E-state index contributed by atoms with van der Waals surface area (Å²) in [4.78, 5) is 30.8. The SMILES string of the molecule is C=CC(=O)N1CCN(c2nc(-c3ccc(C)nc3)nc3cc(-c4cc(O)cc5ccccc45)c4ccoc4c23)CC1. The van der Waals surface area contributed by atoms with Crippen molar-refractivity contribution >= 4 is 44.4 Å². The van der Waals surface area contributed by atoms with E-state index in [2.05, 4.69) is 28.6 Å². The van der Waals surface area contributed by atoms with Crippen molar-refractivity contribution in [1.82, 2.24) is 19.9 Å². The van der Waals surface area contributed by atoms with Crippen molar-refractivity contribution in [3.8, 4) is 28.3 Å². The van der Waals surface area contributed by atoms with Crippen LogP contribution in [0.5, 0.6) is 5.75 Å². The first-order chi connectivity index (χ1) is 20.0. The number of fused-ring (bicyclic) bond motifs is 4. The summed E-state index contributed by atoms with van der Waals surface area (Å²) in [6.45, 7) is 7.92. The smallest absolute Gasteiger partial charge is 0.246 e. The van der Waals surface area contributed by atoms with Crippen molar-refractivity contribution in [1.29, 1.82) is 0 Å². The first kappa shape index (κ1) is 24.8. The number of piperazine rings is 1. The Kier molecular flexibility index (Phi) is 5.89. The van der Waals surface area contributed by atoms with E-state index in [9.17, 15) is 9.90 Å². The van der Waals surface area contributed by atoms with E-state index < -0.39 is 0 Å². The maximum absolute atomic E-state index is 12.2. The standard InChI is InChI=1S/C33H27N5O3/c1-3-29(40)37-11-13-38(14-12-37)33-30-28(35-32(36-33)22-9-8-20(2)34-19-22)18-27(25-10-15-41-31(25)30)26-17-23(39)16-21-6-4-5-7-24(21)26/h3-10,15-19,39H,1,11-14H2,2H3. The van der Waals surface area contributed by atoms with Crippen molar-refractivity contribution in [2.45, 2.75) is 6.92 Å². The molecule has 1 saturated heterocycles. The minimum atomic E-state index is -0.0694. The third kappa shape index (κ3) is 4.24. The van der Waals surface area contributed by atoms with Crippen molar-refractivity contribution in [2.75, 3.05) is 31.1 Å². The number of rotatable bonds is 4. The number of amides is 1. The van der Waals surface area contributed by atoms with Gasteiger partial charge in [-0.2, -0.15) is 0 Å². The van der Waals surface area contributed by atoms with Gasteiger partial charge in [0.05, 0.1) is 17.2 Å². The summed E-state index contributed by atoms with van der Waals surface area (Å²) in [5, 5.41) is 14.3. The molecule has 0 spiro atoms.